The molecule has 0 bridgehead atoms. The number of hydrogen-bond donors (Lipinski definition) is 2. The van der Waals surface area contributed by atoms with Crippen LogP contribution in [0.5, 0.6) is 0 Å². The van der Waals surface area contributed by atoms with Crippen LogP contribution >= 0.6 is 0 Å². The van der Waals surface area contributed by atoms with Gasteiger partial charge in [0.2, 0.25) is 0 Å². The minimum Gasteiger partial charge on any atom is -0.481 e. The summed E-state index contributed by atoms with van der Waals surface area (Å²) in [6.07, 6.45) is 2.37. The van der Waals surface area contributed by atoms with Crippen LogP contribution in [0.25, 0.3) is 0 Å². The van der Waals surface area contributed by atoms with Gasteiger partial charge in [-0.2, -0.15) is 0 Å². The number of aliphatic carboxylic acids is 1. The molecule has 10 heavy (non-hydrogen) atoms. The molecular weight excluding hydrogens is 132 g/mol. The standard InChI is InChI=1S/C7H12O3/c1-2-6(7(9)10)4-3-5-8/h2,6,8H,1,3-5H2,(H,9,10). The van der Waals surface area contributed by atoms with Crippen molar-refractivity contribution in [2.24, 2.45) is 5.92 Å². The Kier molecular flexibility index (Phi) is 4.58. The minimum absolute atomic E-state index is 0.0393. The van der Waals surface area contributed by atoms with Crippen molar-refractivity contribution in [1.29, 1.82) is 0 Å². The van der Waals surface area contributed by atoms with Crippen molar-refractivity contribution in [3.63, 3.8) is 0 Å². The lowest BCUT2D eigenvalue weighted by Gasteiger charge is -2.03. The second kappa shape index (κ2) is 4.99. The maximum Gasteiger partial charge on any atom is 0.310 e. The summed E-state index contributed by atoms with van der Waals surface area (Å²) < 4.78 is 0. The molecule has 0 amide bonds. The van der Waals surface area contributed by atoms with Gasteiger partial charge in [-0.25, -0.2) is 0 Å². The van der Waals surface area contributed by atoms with Crippen LogP contribution in [0.3, 0.4) is 0 Å². The quantitative estimate of drug-likeness (QED) is 0.557. The van der Waals surface area contributed by atoms with E-state index in [1.165, 1.54) is 6.08 Å². The van der Waals surface area contributed by atoms with Crippen molar-refractivity contribution >= 4 is 5.97 Å². The molecule has 1 unspecified atom stereocenters. The summed E-state index contributed by atoms with van der Waals surface area (Å²) in [4.78, 5) is 10.3. The molecule has 0 aromatic carbocycles. The smallest absolute Gasteiger partial charge is 0.310 e. The van der Waals surface area contributed by atoms with Gasteiger partial charge in [0.1, 0.15) is 0 Å². The number of aliphatic hydroxyl groups is 1. The van der Waals surface area contributed by atoms with Crippen LogP contribution < -0.4 is 0 Å². The largest absolute Gasteiger partial charge is 0.481 e. The Bertz CT molecular complexity index is 120. The first-order chi connectivity index (χ1) is 4.72. The van der Waals surface area contributed by atoms with Crippen LogP contribution in [0, 0.1) is 5.92 Å². The Morgan fingerprint density at radius 3 is 2.60 bits per heavy atom. The van der Waals surface area contributed by atoms with Crippen molar-refractivity contribution in [2.75, 3.05) is 6.61 Å². The SMILES string of the molecule is C=CC(CCCO)C(=O)O. The van der Waals surface area contributed by atoms with Gasteiger partial charge < -0.3 is 10.2 Å². The molecule has 2 N–H and O–H groups in total. The lowest BCUT2D eigenvalue weighted by atomic mass is 10.0. The van der Waals surface area contributed by atoms with Crippen LogP contribution in [0.4, 0.5) is 0 Å². The zero-order chi connectivity index (χ0) is 7.98. The summed E-state index contributed by atoms with van der Waals surface area (Å²) in [5.41, 5.74) is 0. The molecule has 0 aromatic rings. The summed E-state index contributed by atoms with van der Waals surface area (Å²) in [5.74, 6) is -1.38. The molecule has 3 heteroatoms. The number of aliphatic hydroxyl groups excluding tert-OH is 1. The zero-order valence-electron chi connectivity index (χ0n) is 5.79. The van der Waals surface area contributed by atoms with Gasteiger partial charge >= 0.3 is 5.97 Å². The van der Waals surface area contributed by atoms with Gasteiger partial charge in [-0.1, -0.05) is 6.08 Å². The Hall–Kier alpha value is -0.830. The van der Waals surface area contributed by atoms with Gasteiger partial charge in [0.25, 0.3) is 0 Å². The average Bonchev–Trinajstić information content (AvgIpc) is 1.89. The molecule has 0 aliphatic carbocycles. The minimum atomic E-state index is -0.872. The molecule has 0 saturated carbocycles. The van der Waals surface area contributed by atoms with E-state index < -0.39 is 11.9 Å². The molecule has 0 aliphatic heterocycles. The third-order valence-corrected chi connectivity index (χ3v) is 1.27. The van der Waals surface area contributed by atoms with Crippen molar-refractivity contribution in [3.8, 4) is 0 Å². The maximum absolute atomic E-state index is 10.3. The third kappa shape index (κ3) is 3.25. The van der Waals surface area contributed by atoms with Crippen LogP contribution in [-0.2, 0) is 4.79 Å². The Balaban J connectivity index is 3.60. The van der Waals surface area contributed by atoms with Crippen LogP contribution in [0.15, 0.2) is 12.7 Å². The first kappa shape index (κ1) is 9.17. The highest BCUT2D eigenvalue weighted by Crippen LogP contribution is 2.06. The van der Waals surface area contributed by atoms with Crippen LogP contribution in [-0.4, -0.2) is 22.8 Å². The highest BCUT2D eigenvalue weighted by atomic mass is 16.4. The van der Waals surface area contributed by atoms with E-state index in [0.717, 1.165) is 0 Å². The van der Waals surface area contributed by atoms with E-state index in [1.807, 2.05) is 0 Å². The van der Waals surface area contributed by atoms with Crippen LogP contribution in [0.1, 0.15) is 12.8 Å². The van der Waals surface area contributed by atoms with Gasteiger partial charge in [-0.15, -0.1) is 6.58 Å². The number of carbonyl (C=O) groups is 1. The molecule has 0 heterocycles. The molecule has 0 spiro atoms. The summed E-state index contributed by atoms with van der Waals surface area (Å²) in [6, 6.07) is 0. The fourth-order valence-corrected chi connectivity index (χ4v) is 0.653. The molecule has 0 aliphatic rings. The number of carboxylic acid groups (broad SMARTS) is 1. The van der Waals surface area contributed by atoms with Crippen molar-refractivity contribution in [3.05, 3.63) is 12.7 Å². The second-order valence-electron chi connectivity index (χ2n) is 2.05. The fourth-order valence-electron chi connectivity index (χ4n) is 0.653. The molecule has 3 nitrogen and oxygen atoms in total. The number of hydrogen-bond acceptors (Lipinski definition) is 2. The molecule has 1 atom stereocenters. The first-order valence-corrected chi connectivity index (χ1v) is 3.18. The van der Waals surface area contributed by atoms with Gasteiger partial charge in [-0.3, -0.25) is 4.79 Å². The van der Waals surface area contributed by atoms with E-state index in [9.17, 15) is 4.79 Å². The molecule has 58 valence electrons. The average molecular weight is 144 g/mol. The van der Waals surface area contributed by atoms with E-state index >= 15 is 0 Å². The Labute approximate surface area is 60.0 Å². The van der Waals surface area contributed by atoms with E-state index in [1.54, 1.807) is 0 Å². The lowest BCUT2D eigenvalue weighted by molar-refractivity contribution is -0.140. The van der Waals surface area contributed by atoms with Crippen LogP contribution in [0.2, 0.25) is 0 Å². The first-order valence-electron chi connectivity index (χ1n) is 3.18. The topological polar surface area (TPSA) is 57.5 Å². The number of carboxylic acids is 1. The molecular formula is C7H12O3. The normalized spacial score (nSPS) is 12.5. The van der Waals surface area contributed by atoms with Gasteiger partial charge in [0.05, 0.1) is 5.92 Å². The predicted octanol–water partition coefficient (Wildman–Crippen LogP) is 0.646. The molecule has 0 fully saturated rings. The van der Waals surface area contributed by atoms with Crippen molar-refractivity contribution in [2.45, 2.75) is 12.8 Å². The Morgan fingerprint density at radius 2 is 2.30 bits per heavy atom. The molecule has 0 rings (SSSR count). The van der Waals surface area contributed by atoms with E-state index in [-0.39, 0.29) is 6.61 Å². The van der Waals surface area contributed by atoms with E-state index in [4.69, 9.17) is 10.2 Å². The van der Waals surface area contributed by atoms with E-state index in [0.29, 0.717) is 12.8 Å². The van der Waals surface area contributed by atoms with Gasteiger partial charge in [0, 0.05) is 6.61 Å². The third-order valence-electron chi connectivity index (χ3n) is 1.27. The van der Waals surface area contributed by atoms with Crippen molar-refractivity contribution < 1.29 is 15.0 Å². The second-order valence-corrected chi connectivity index (χ2v) is 2.05. The molecule has 0 saturated heterocycles. The zero-order valence-corrected chi connectivity index (χ0v) is 5.79. The summed E-state index contributed by atoms with van der Waals surface area (Å²) in [7, 11) is 0. The molecule has 0 aromatic heterocycles. The van der Waals surface area contributed by atoms with Gasteiger partial charge in [0.15, 0.2) is 0 Å². The van der Waals surface area contributed by atoms with Gasteiger partial charge in [-0.05, 0) is 12.8 Å². The van der Waals surface area contributed by atoms with E-state index in [2.05, 4.69) is 6.58 Å². The van der Waals surface area contributed by atoms with Crippen molar-refractivity contribution in [1.82, 2.24) is 0 Å². The monoisotopic (exact) mass is 144 g/mol. The number of rotatable bonds is 5. The molecule has 0 radical (unpaired) electrons. The highest BCUT2D eigenvalue weighted by molar-refractivity contribution is 5.71. The summed E-state index contributed by atoms with van der Waals surface area (Å²) in [5, 5.41) is 16.8. The predicted molar refractivity (Wildman–Crippen MR) is 37.6 cm³/mol. The highest BCUT2D eigenvalue weighted by Gasteiger charge is 2.11. The lowest BCUT2D eigenvalue weighted by Crippen LogP contribution is -2.10. The fraction of sp³-hybridized carbons (Fsp3) is 0.571. The Morgan fingerprint density at radius 1 is 1.70 bits per heavy atom. The summed E-state index contributed by atoms with van der Waals surface area (Å²) in [6.45, 7) is 3.41. The maximum atomic E-state index is 10.3. The summed E-state index contributed by atoms with van der Waals surface area (Å²) >= 11 is 0.